The number of ether oxygens (including phenoxy) is 1. The summed E-state index contributed by atoms with van der Waals surface area (Å²) in [4.78, 5) is 26.3. The molecular weight excluding hydrogens is 591 g/mol. The molecule has 0 aliphatic rings. The zero-order valence-corrected chi connectivity index (χ0v) is 27.1. The second kappa shape index (κ2) is 15.8. The predicted molar refractivity (Wildman–Crippen MR) is 174 cm³/mol. The highest BCUT2D eigenvalue weighted by atomic mass is 35.5. The maximum atomic E-state index is 13.2. The van der Waals surface area contributed by atoms with Gasteiger partial charge in [0.1, 0.15) is 11.4 Å². The molecule has 5 N–H and O–H groups in total. The van der Waals surface area contributed by atoms with Crippen molar-refractivity contribution in [2.45, 2.75) is 40.5 Å². The van der Waals surface area contributed by atoms with E-state index in [-0.39, 0.29) is 5.91 Å². The van der Waals surface area contributed by atoms with Gasteiger partial charge in [-0.05, 0) is 81.3 Å². The number of hydrogen-bond acceptors (Lipinski definition) is 6. The number of aromatic amines is 1. The van der Waals surface area contributed by atoms with Gasteiger partial charge in [-0.25, -0.2) is 4.39 Å². The second-order valence-electron chi connectivity index (χ2n) is 10.1. The Bertz CT molecular complexity index is 1560. The van der Waals surface area contributed by atoms with Crippen LogP contribution in [0.4, 0.5) is 4.39 Å². The van der Waals surface area contributed by atoms with Gasteiger partial charge in [-0.2, -0.15) is 5.10 Å². The first kappa shape index (κ1) is 34.0. The van der Waals surface area contributed by atoms with Crippen LogP contribution in [0.25, 0.3) is 22.0 Å². The van der Waals surface area contributed by atoms with Crippen LogP contribution in [0.1, 0.15) is 45.0 Å². The summed E-state index contributed by atoms with van der Waals surface area (Å²) >= 11 is 7.61. The van der Waals surface area contributed by atoms with E-state index in [2.05, 4.69) is 39.2 Å². The van der Waals surface area contributed by atoms with E-state index >= 15 is 0 Å². The van der Waals surface area contributed by atoms with Gasteiger partial charge in [-0.3, -0.25) is 19.0 Å². The first-order valence-electron chi connectivity index (χ1n) is 14.0. The van der Waals surface area contributed by atoms with Crippen LogP contribution in [-0.4, -0.2) is 59.2 Å². The summed E-state index contributed by atoms with van der Waals surface area (Å²) in [5, 5.41) is 8.50. The van der Waals surface area contributed by atoms with E-state index in [0.29, 0.717) is 31.0 Å². The molecule has 43 heavy (non-hydrogen) atoms. The third-order valence-corrected chi connectivity index (χ3v) is 8.35. The molecule has 2 aromatic carbocycles. The quantitative estimate of drug-likeness (QED) is 0.128. The molecule has 9 nitrogen and oxygen atoms in total. The number of hydrogen-bond donors (Lipinski definition) is 4. The van der Waals surface area contributed by atoms with Crippen molar-refractivity contribution in [1.82, 2.24) is 24.8 Å². The smallest absolute Gasteiger partial charge is 0.277 e. The Morgan fingerprint density at radius 3 is 2.44 bits per heavy atom. The Labute approximate surface area is 261 Å². The van der Waals surface area contributed by atoms with Gasteiger partial charge < -0.3 is 20.8 Å². The van der Waals surface area contributed by atoms with Crippen LogP contribution in [0.15, 0.2) is 30.3 Å². The number of carbonyl (C=O) groups is 2. The summed E-state index contributed by atoms with van der Waals surface area (Å²) in [6.07, 6.45) is 1.43. The van der Waals surface area contributed by atoms with Gasteiger partial charge >= 0.3 is 0 Å². The van der Waals surface area contributed by atoms with Crippen molar-refractivity contribution in [2.24, 2.45) is 12.8 Å². The van der Waals surface area contributed by atoms with E-state index in [4.69, 9.17) is 22.1 Å². The molecule has 0 spiro atoms. The van der Waals surface area contributed by atoms with Crippen LogP contribution in [-0.2, 0) is 18.3 Å². The number of nitrogens with one attached hydrogen (secondary N) is 3. The third-order valence-electron chi connectivity index (χ3n) is 6.98. The minimum atomic E-state index is -0.920. The molecule has 0 saturated heterocycles. The third kappa shape index (κ3) is 8.31. The van der Waals surface area contributed by atoms with Crippen LogP contribution in [0.3, 0.4) is 0 Å². The van der Waals surface area contributed by atoms with E-state index in [1.807, 2.05) is 50.7 Å². The fourth-order valence-electron chi connectivity index (χ4n) is 4.82. The maximum absolute atomic E-state index is 13.2. The average Bonchev–Trinajstić information content (AvgIpc) is 3.49. The fraction of sp³-hybridized carbons (Fsp3) is 0.387. The van der Waals surface area contributed by atoms with Crippen molar-refractivity contribution in [3.63, 3.8) is 0 Å². The summed E-state index contributed by atoms with van der Waals surface area (Å²) in [6, 6.07) is 10.1. The normalized spacial score (nSPS) is 10.8. The molecule has 232 valence electrons. The molecular formula is C31H40ClFN6O3S. The largest absolute Gasteiger partial charge is 0.494 e. The van der Waals surface area contributed by atoms with E-state index in [1.54, 1.807) is 0 Å². The molecule has 0 bridgehead atoms. The Kier molecular flexibility index (Phi) is 12.5. The highest BCUT2D eigenvalue weighted by Crippen LogP contribution is 2.35. The zero-order chi connectivity index (χ0) is 31.7. The maximum Gasteiger partial charge on any atom is 0.277 e. The number of H-pyrrole nitrogens is 1. The lowest BCUT2D eigenvalue weighted by Gasteiger charge is -2.10. The van der Waals surface area contributed by atoms with Gasteiger partial charge in [0.05, 0.1) is 17.8 Å². The molecule has 2 amide bonds. The van der Waals surface area contributed by atoms with Gasteiger partial charge in [-0.1, -0.05) is 29.8 Å². The minimum absolute atomic E-state index is 0.153. The van der Waals surface area contributed by atoms with Crippen molar-refractivity contribution in [3.8, 4) is 16.9 Å². The van der Waals surface area contributed by atoms with Gasteiger partial charge in [0, 0.05) is 53.6 Å². The minimum Gasteiger partial charge on any atom is -0.494 e. The lowest BCUT2D eigenvalue weighted by Crippen LogP contribution is -2.20. The van der Waals surface area contributed by atoms with Gasteiger partial charge in [0.25, 0.3) is 11.8 Å². The summed E-state index contributed by atoms with van der Waals surface area (Å²) in [5.41, 5.74) is 14.2. The van der Waals surface area contributed by atoms with Crippen molar-refractivity contribution >= 4 is 46.3 Å². The predicted octanol–water partition coefficient (Wildman–Crippen LogP) is 5.51. The number of amides is 2. The first-order chi connectivity index (χ1) is 20.5. The average molecular weight is 631 g/mol. The van der Waals surface area contributed by atoms with Crippen LogP contribution in [0.2, 0.25) is 5.02 Å². The molecule has 0 aliphatic heterocycles. The molecule has 12 heteroatoms. The highest BCUT2D eigenvalue weighted by Gasteiger charge is 2.22. The van der Waals surface area contributed by atoms with Gasteiger partial charge in [0.15, 0.2) is 6.67 Å². The zero-order valence-electron chi connectivity index (χ0n) is 25.5. The van der Waals surface area contributed by atoms with E-state index in [0.717, 1.165) is 67.3 Å². The Balaban J connectivity index is 0.000000765. The van der Waals surface area contributed by atoms with E-state index in [1.165, 1.54) is 19.0 Å². The van der Waals surface area contributed by atoms with E-state index < -0.39 is 12.6 Å². The lowest BCUT2D eigenvalue weighted by molar-refractivity contribution is -0.121. The molecule has 0 radical (unpaired) electrons. The summed E-state index contributed by atoms with van der Waals surface area (Å²) in [6.45, 7) is 8.13. The summed E-state index contributed by atoms with van der Waals surface area (Å²) in [7, 11) is 3.34. The van der Waals surface area contributed by atoms with Crippen LogP contribution in [0, 0.1) is 27.7 Å². The number of aryl methyl sites for hydroxylation is 5. The number of carbonyl (C=O) groups excluding carboxylic acids is 2. The Hall–Kier alpha value is -3.54. The number of para-hydroxylation sites is 1. The number of nitrogens with zero attached hydrogens (tertiary/aromatic N) is 2. The lowest BCUT2D eigenvalue weighted by atomic mass is 9.98. The van der Waals surface area contributed by atoms with E-state index in [9.17, 15) is 14.0 Å². The summed E-state index contributed by atoms with van der Waals surface area (Å²) in [5.74, 6) is 0.725. The van der Waals surface area contributed by atoms with Crippen molar-refractivity contribution in [3.05, 3.63) is 69.1 Å². The number of rotatable bonds is 11. The number of benzene rings is 2. The number of alkyl halides is 1. The number of nitrogens with two attached hydrogens (primary N) is 1. The molecule has 0 saturated carbocycles. The Morgan fingerprint density at radius 2 is 1.88 bits per heavy atom. The molecule has 0 fully saturated rings. The van der Waals surface area contributed by atoms with Crippen molar-refractivity contribution in [2.75, 3.05) is 32.6 Å². The van der Waals surface area contributed by atoms with Crippen LogP contribution in [0.5, 0.6) is 5.75 Å². The molecule has 2 heterocycles. The molecule has 4 aromatic rings. The summed E-state index contributed by atoms with van der Waals surface area (Å²) < 4.78 is 21.8. The molecule has 0 aliphatic carbocycles. The van der Waals surface area contributed by atoms with Crippen molar-refractivity contribution in [1.29, 1.82) is 0 Å². The number of aromatic nitrogens is 3. The Morgan fingerprint density at radius 1 is 1.19 bits per heavy atom. The monoisotopic (exact) mass is 630 g/mol. The molecule has 0 atom stereocenters. The van der Waals surface area contributed by atoms with Crippen LogP contribution < -0.4 is 20.5 Å². The molecule has 4 rings (SSSR count). The van der Waals surface area contributed by atoms with Gasteiger partial charge in [-0.15, -0.1) is 0 Å². The second-order valence-corrected chi connectivity index (χ2v) is 11.4. The number of halogens is 2. The number of fused-ring (bicyclic) bond motifs is 1. The van der Waals surface area contributed by atoms with Crippen molar-refractivity contribution < 1.29 is 18.7 Å². The fourth-order valence-corrected chi connectivity index (χ4v) is 5.38. The highest BCUT2D eigenvalue weighted by molar-refractivity contribution is 7.97. The topological polar surface area (TPSA) is 127 Å². The standard InChI is InChI=1S/C28H34ClN5O2S.C3H6FNO/c1-16-14-20(15-17(2)25(16)29)36-12-7-10-22-21-8-6-9-23(24-18(3)32-34(5)19(24)4)26(21)31-27(22)28(35)33-37-13-11-30;1-5-3(6)2-4/h6,8-9,14-15,31H,7,10-13,30H2,1-5H3,(H,33,35);2H2,1H3,(H,5,6). The SMILES string of the molecule is CNC(=O)CF.Cc1cc(OCCCc2c(C(=O)NSCCN)[nH]c3c(-c4c(C)nn(C)c4C)cccc23)cc(C)c1Cl. The molecule has 2 aromatic heterocycles. The molecule has 0 unspecified atom stereocenters. The first-order valence-corrected chi connectivity index (χ1v) is 15.3. The van der Waals surface area contributed by atoms with Crippen LogP contribution >= 0.6 is 23.5 Å². The van der Waals surface area contributed by atoms with Gasteiger partial charge in [0.2, 0.25) is 0 Å².